The number of halogens is 6. The van der Waals surface area contributed by atoms with Crippen LogP contribution in [0.2, 0.25) is 0 Å². The van der Waals surface area contributed by atoms with E-state index in [1.165, 1.54) is 18.2 Å². The molecule has 0 atom stereocenters. The van der Waals surface area contributed by atoms with Gasteiger partial charge in [0.05, 0.1) is 19.1 Å². The third-order valence-electron chi connectivity index (χ3n) is 2.76. The van der Waals surface area contributed by atoms with Gasteiger partial charge in [0.15, 0.2) is 5.78 Å². The van der Waals surface area contributed by atoms with Crippen LogP contribution in [0.1, 0.15) is 16.8 Å². The predicted molar refractivity (Wildman–Crippen MR) is 59.0 cm³/mol. The Balaban J connectivity index is 3.20. The van der Waals surface area contributed by atoms with Gasteiger partial charge in [-0.1, -0.05) is 12.1 Å². The summed E-state index contributed by atoms with van der Waals surface area (Å²) in [6, 6.07) is 4.84. The normalized spacial score (nSPS) is 13.1. The first-order valence-corrected chi connectivity index (χ1v) is 5.46. The maximum atomic E-state index is 12.5. The van der Waals surface area contributed by atoms with Crippen LogP contribution in [0.15, 0.2) is 24.3 Å². The standard InChI is InChI=1S/C12H10F6O3/c1-21-9-5-3-2-4-7(9)8(19)6-10(20,11(13,14)15)12(16,17)18/h2-5,20H,6H2,1H3. The number of rotatable bonds is 4. The smallest absolute Gasteiger partial charge is 0.426 e. The van der Waals surface area contributed by atoms with Crippen molar-refractivity contribution in [1.29, 1.82) is 0 Å². The lowest BCUT2D eigenvalue weighted by Gasteiger charge is -2.31. The molecule has 1 aromatic rings. The molecule has 3 nitrogen and oxygen atoms in total. The Morgan fingerprint density at radius 2 is 1.57 bits per heavy atom. The van der Waals surface area contributed by atoms with Gasteiger partial charge in [-0.25, -0.2) is 0 Å². The first kappa shape index (κ1) is 17.3. The fourth-order valence-electron chi connectivity index (χ4n) is 1.56. The van der Waals surface area contributed by atoms with E-state index in [1.807, 2.05) is 0 Å². The average molecular weight is 316 g/mol. The average Bonchev–Trinajstić information content (AvgIpc) is 2.35. The van der Waals surface area contributed by atoms with Gasteiger partial charge < -0.3 is 9.84 Å². The van der Waals surface area contributed by atoms with Gasteiger partial charge in [-0.2, -0.15) is 26.3 Å². The Morgan fingerprint density at radius 1 is 1.10 bits per heavy atom. The molecule has 0 aliphatic heterocycles. The molecule has 0 bridgehead atoms. The number of Topliss-reactive ketones (excluding diaryl/α,β-unsaturated/α-hetero) is 1. The van der Waals surface area contributed by atoms with Crippen LogP contribution in [0.25, 0.3) is 0 Å². The molecule has 0 aromatic heterocycles. The summed E-state index contributed by atoms with van der Waals surface area (Å²) in [4.78, 5) is 11.7. The summed E-state index contributed by atoms with van der Waals surface area (Å²) in [5.74, 6) is -1.72. The molecule has 0 fully saturated rings. The Kier molecular flexibility index (Phi) is 4.57. The van der Waals surface area contributed by atoms with Crippen LogP contribution in [0.3, 0.4) is 0 Å². The van der Waals surface area contributed by atoms with Crippen LogP contribution in [0.5, 0.6) is 5.75 Å². The minimum Gasteiger partial charge on any atom is -0.496 e. The summed E-state index contributed by atoms with van der Waals surface area (Å²) >= 11 is 0. The number of alkyl halides is 6. The SMILES string of the molecule is COc1ccccc1C(=O)CC(O)(C(F)(F)F)C(F)(F)F. The quantitative estimate of drug-likeness (QED) is 0.686. The van der Waals surface area contributed by atoms with E-state index in [4.69, 9.17) is 5.11 Å². The predicted octanol–water partition coefficient (Wildman–Crippen LogP) is 3.12. The van der Waals surface area contributed by atoms with Crippen LogP contribution in [-0.2, 0) is 0 Å². The van der Waals surface area contributed by atoms with Crippen molar-refractivity contribution in [2.45, 2.75) is 24.4 Å². The molecule has 1 N–H and O–H groups in total. The highest BCUT2D eigenvalue weighted by atomic mass is 19.4. The topological polar surface area (TPSA) is 46.5 Å². The number of ketones is 1. The third kappa shape index (κ3) is 3.29. The number of aliphatic hydroxyl groups is 1. The zero-order valence-electron chi connectivity index (χ0n) is 10.5. The summed E-state index contributed by atoms with van der Waals surface area (Å²) in [5, 5.41) is 8.97. The fraction of sp³-hybridized carbons (Fsp3) is 0.417. The molecule has 9 heteroatoms. The second kappa shape index (κ2) is 5.55. The van der Waals surface area contributed by atoms with Gasteiger partial charge in [0.1, 0.15) is 5.75 Å². The summed E-state index contributed by atoms with van der Waals surface area (Å²) in [7, 11) is 1.10. The molecule has 21 heavy (non-hydrogen) atoms. The summed E-state index contributed by atoms with van der Waals surface area (Å²) in [6.07, 6.45) is -14.3. The van der Waals surface area contributed by atoms with Gasteiger partial charge in [-0.15, -0.1) is 0 Å². The van der Waals surface area contributed by atoms with Crippen molar-refractivity contribution < 1.29 is 41.0 Å². The molecular weight excluding hydrogens is 306 g/mol. The van der Waals surface area contributed by atoms with E-state index in [0.29, 0.717) is 0 Å². The molecule has 0 saturated heterocycles. The Morgan fingerprint density at radius 3 is 2.00 bits per heavy atom. The maximum Gasteiger partial charge on any atom is 0.426 e. The van der Waals surface area contributed by atoms with E-state index in [2.05, 4.69) is 4.74 Å². The van der Waals surface area contributed by atoms with Crippen molar-refractivity contribution in [3.8, 4) is 5.75 Å². The molecule has 118 valence electrons. The molecule has 0 unspecified atom stereocenters. The van der Waals surface area contributed by atoms with E-state index >= 15 is 0 Å². The molecule has 0 saturated carbocycles. The van der Waals surface area contributed by atoms with Crippen LogP contribution < -0.4 is 4.74 Å². The first-order chi connectivity index (χ1) is 9.44. The van der Waals surface area contributed by atoms with Crippen molar-refractivity contribution in [2.24, 2.45) is 0 Å². The van der Waals surface area contributed by atoms with Gasteiger partial charge >= 0.3 is 12.4 Å². The molecule has 0 radical (unpaired) electrons. The highest BCUT2D eigenvalue weighted by Gasteiger charge is 2.70. The number of para-hydroxylation sites is 1. The van der Waals surface area contributed by atoms with Crippen molar-refractivity contribution in [3.63, 3.8) is 0 Å². The van der Waals surface area contributed by atoms with Crippen molar-refractivity contribution in [1.82, 2.24) is 0 Å². The van der Waals surface area contributed by atoms with Crippen LogP contribution >= 0.6 is 0 Å². The highest BCUT2D eigenvalue weighted by Crippen LogP contribution is 2.46. The zero-order chi connectivity index (χ0) is 16.5. The molecule has 1 rings (SSSR count). The second-order valence-corrected chi connectivity index (χ2v) is 4.16. The largest absolute Gasteiger partial charge is 0.496 e. The number of carbonyl (C=O) groups is 1. The lowest BCUT2D eigenvalue weighted by atomic mass is 9.92. The minimum atomic E-state index is -6.04. The fourth-order valence-corrected chi connectivity index (χ4v) is 1.56. The van der Waals surface area contributed by atoms with Crippen LogP contribution in [0, 0.1) is 0 Å². The zero-order valence-corrected chi connectivity index (χ0v) is 10.5. The Bertz CT molecular complexity index is 506. The summed E-state index contributed by atoms with van der Waals surface area (Å²) < 4.78 is 79.7. The molecule has 0 spiro atoms. The molecule has 1 aromatic carbocycles. The molecular formula is C12H10F6O3. The Hall–Kier alpha value is -1.77. The number of carbonyl (C=O) groups excluding carboxylic acids is 1. The number of methoxy groups -OCH3 is 1. The maximum absolute atomic E-state index is 12.5. The molecule has 0 aliphatic rings. The lowest BCUT2D eigenvalue weighted by molar-refractivity contribution is -0.365. The van der Waals surface area contributed by atoms with Gasteiger partial charge in [0, 0.05) is 0 Å². The van der Waals surface area contributed by atoms with Gasteiger partial charge in [-0.05, 0) is 12.1 Å². The van der Waals surface area contributed by atoms with E-state index < -0.39 is 35.7 Å². The highest BCUT2D eigenvalue weighted by molar-refractivity contribution is 5.99. The van der Waals surface area contributed by atoms with Gasteiger partial charge in [0.2, 0.25) is 0 Å². The summed E-state index contributed by atoms with van der Waals surface area (Å²) in [6.45, 7) is 0. The first-order valence-electron chi connectivity index (χ1n) is 5.46. The molecule has 0 heterocycles. The van der Waals surface area contributed by atoms with E-state index in [0.717, 1.165) is 13.2 Å². The van der Waals surface area contributed by atoms with Gasteiger partial charge in [0.25, 0.3) is 5.60 Å². The lowest BCUT2D eigenvalue weighted by Crippen LogP contribution is -2.57. The van der Waals surface area contributed by atoms with Crippen molar-refractivity contribution >= 4 is 5.78 Å². The van der Waals surface area contributed by atoms with Crippen LogP contribution in [-0.4, -0.2) is 36.0 Å². The second-order valence-electron chi connectivity index (χ2n) is 4.16. The van der Waals surface area contributed by atoms with Gasteiger partial charge in [-0.3, -0.25) is 4.79 Å². The molecule has 0 amide bonds. The van der Waals surface area contributed by atoms with Crippen molar-refractivity contribution in [3.05, 3.63) is 29.8 Å². The minimum absolute atomic E-state index is 0.186. The van der Waals surface area contributed by atoms with E-state index in [9.17, 15) is 31.1 Å². The van der Waals surface area contributed by atoms with Crippen LogP contribution in [0.4, 0.5) is 26.3 Å². The number of benzene rings is 1. The monoisotopic (exact) mass is 316 g/mol. The summed E-state index contributed by atoms with van der Waals surface area (Å²) in [5.41, 5.74) is -5.59. The number of hydrogen-bond acceptors (Lipinski definition) is 3. The third-order valence-corrected chi connectivity index (χ3v) is 2.76. The molecule has 0 aliphatic carbocycles. The number of ether oxygens (including phenoxy) is 1. The van der Waals surface area contributed by atoms with Crippen molar-refractivity contribution in [2.75, 3.05) is 7.11 Å². The van der Waals surface area contributed by atoms with E-state index in [-0.39, 0.29) is 5.75 Å². The Labute approximate surface area is 115 Å². The number of hydrogen-bond donors (Lipinski definition) is 1. The van der Waals surface area contributed by atoms with E-state index in [1.54, 1.807) is 0 Å².